The van der Waals surface area contributed by atoms with Crippen LogP contribution in [0.4, 0.5) is 4.79 Å². The highest BCUT2D eigenvalue weighted by Gasteiger charge is 2.54. The Labute approximate surface area is 143 Å². The first-order chi connectivity index (χ1) is 10.6. The van der Waals surface area contributed by atoms with Crippen molar-refractivity contribution in [1.82, 2.24) is 10.2 Å². The summed E-state index contributed by atoms with van der Waals surface area (Å²) in [5.74, 6) is 0. The number of hydrogen-bond donors (Lipinski definition) is 3. The van der Waals surface area contributed by atoms with Gasteiger partial charge in [-0.1, -0.05) is 23.7 Å². The Bertz CT molecular complexity index is 596. The summed E-state index contributed by atoms with van der Waals surface area (Å²) in [6.45, 7) is 5.60. The van der Waals surface area contributed by atoms with Gasteiger partial charge in [0.05, 0.1) is 21.8 Å². The Kier molecular flexibility index (Phi) is 5.35. The minimum Gasteiger partial charge on any atom is -0.464 e. The Balaban J connectivity index is 2.26. The maximum atomic E-state index is 12.5. The number of hydrogen-bond acceptors (Lipinski definition) is 3. The zero-order valence-corrected chi connectivity index (χ0v) is 14.8. The predicted molar refractivity (Wildman–Crippen MR) is 89.4 cm³/mol. The van der Waals surface area contributed by atoms with Crippen LogP contribution in [0.25, 0.3) is 0 Å². The standard InChI is InChI=1S/C15H21ClN2O4S/c1-14(2,3)23(21)18-12(10-4-6-11(16)7-5-10)15(8-9-15)22-17-13(19)20/h4-7,12,17-18H,8-9H2,1-3H3,(H,19,20). The topological polar surface area (TPSA) is 87.7 Å². The van der Waals surface area contributed by atoms with E-state index < -0.39 is 33.5 Å². The van der Waals surface area contributed by atoms with Gasteiger partial charge in [-0.15, -0.1) is 0 Å². The zero-order chi connectivity index (χ0) is 17.3. The normalized spacial score (nSPS) is 19.0. The van der Waals surface area contributed by atoms with Crippen molar-refractivity contribution in [2.75, 3.05) is 0 Å². The van der Waals surface area contributed by atoms with E-state index in [2.05, 4.69) is 4.72 Å². The lowest BCUT2D eigenvalue weighted by Gasteiger charge is -2.30. The molecule has 2 unspecified atom stereocenters. The third-order valence-corrected chi connectivity index (χ3v) is 5.41. The van der Waals surface area contributed by atoms with Gasteiger partial charge in [0.15, 0.2) is 0 Å². The monoisotopic (exact) mass is 360 g/mol. The summed E-state index contributed by atoms with van der Waals surface area (Å²) in [6.07, 6.45) is 0.0622. The van der Waals surface area contributed by atoms with Gasteiger partial charge in [0.25, 0.3) is 0 Å². The fourth-order valence-corrected chi connectivity index (χ4v) is 3.18. The lowest BCUT2D eigenvalue weighted by Crippen LogP contribution is -2.44. The molecular weight excluding hydrogens is 340 g/mol. The molecule has 1 fully saturated rings. The van der Waals surface area contributed by atoms with Crippen LogP contribution in [0.1, 0.15) is 45.2 Å². The van der Waals surface area contributed by atoms with Gasteiger partial charge < -0.3 is 5.11 Å². The maximum absolute atomic E-state index is 12.5. The van der Waals surface area contributed by atoms with Gasteiger partial charge in [-0.2, -0.15) is 5.48 Å². The first-order valence-electron chi connectivity index (χ1n) is 7.24. The molecule has 23 heavy (non-hydrogen) atoms. The van der Waals surface area contributed by atoms with Crippen molar-refractivity contribution in [2.45, 2.75) is 50.0 Å². The predicted octanol–water partition coefficient (Wildman–Crippen LogP) is 3.16. The number of amides is 1. The van der Waals surface area contributed by atoms with Crippen molar-refractivity contribution < 1.29 is 18.9 Å². The van der Waals surface area contributed by atoms with Gasteiger partial charge in [-0.25, -0.2) is 13.7 Å². The van der Waals surface area contributed by atoms with Crippen LogP contribution in [0.2, 0.25) is 5.02 Å². The second kappa shape index (κ2) is 6.76. The number of benzene rings is 1. The molecule has 1 aliphatic carbocycles. The van der Waals surface area contributed by atoms with Crippen LogP contribution in [-0.4, -0.2) is 25.8 Å². The van der Waals surface area contributed by atoms with E-state index in [-0.39, 0.29) is 0 Å². The minimum absolute atomic E-state index is 0.410. The van der Waals surface area contributed by atoms with Crippen molar-refractivity contribution in [3.05, 3.63) is 34.9 Å². The molecule has 1 aliphatic rings. The molecular formula is C15H21ClN2O4S. The van der Waals surface area contributed by atoms with Gasteiger partial charge in [0.1, 0.15) is 5.60 Å². The van der Waals surface area contributed by atoms with Crippen molar-refractivity contribution in [1.29, 1.82) is 0 Å². The second-order valence-electron chi connectivity index (χ2n) is 6.56. The Hall–Kier alpha value is -1.15. The molecule has 0 spiro atoms. The molecule has 8 heteroatoms. The van der Waals surface area contributed by atoms with E-state index >= 15 is 0 Å². The van der Waals surface area contributed by atoms with E-state index in [1.54, 1.807) is 12.1 Å². The molecule has 0 saturated heterocycles. The first kappa shape index (κ1) is 18.2. The molecule has 1 aromatic carbocycles. The minimum atomic E-state index is -1.33. The fourth-order valence-electron chi connectivity index (χ4n) is 2.14. The molecule has 2 atom stereocenters. The van der Waals surface area contributed by atoms with Crippen LogP contribution < -0.4 is 10.2 Å². The second-order valence-corrected chi connectivity index (χ2v) is 8.99. The molecule has 1 amide bonds. The number of carboxylic acid groups (broad SMARTS) is 1. The Morgan fingerprint density at radius 3 is 2.35 bits per heavy atom. The molecule has 0 aliphatic heterocycles. The Morgan fingerprint density at radius 2 is 1.91 bits per heavy atom. The maximum Gasteiger partial charge on any atom is 0.428 e. The summed E-state index contributed by atoms with van der Waals surface area (Å²) >= 11 is 5.93. The molecule has 0 aromatic heterocycles. The van der Waals surface area contributed by atoms with Crippen molar-refractivity contribution in [2.24, 2.45) is 0 Å². The number of nitrogens with one attached hydrogen (secondary N) is 2. The molecule has 6 nitrogen and oxygen atoms in total. The third-order valence-electron chi connectivity index (χ3n) is 3.59. The molecule has 1 saturated carbocycles. The molecule has 1 aromatic rings. The highest BCUT2D eigenvalue weighted by atomic mass is 35.5. The Morgan fingerprint density at radius 1 is 1.35 bits per heavy atom. The van der Waals surface area contributed by atoms with Crippen molar-refractivity contribution in [3.63, 3.8) is 0 Å². The van der Waals surface area contributed by atoms with Gasteiger partial charge in [-0.05, 0) is 51.3 Å². The molecule has 128 valence electrons. The van der Waals surface area contributed by atoms with Crippen LogP contribution >= 0.6 is 11.6 Å². The van der Waals surface area contributed by atoms with E-state index in [1.165, 1.54) is 0 Å². The van der Waals surface area contributed by atoms with Crippen LogP contribution in [0.5, 0.6) is 0 Å². The summed E-state index contributed by atoms with van der Waals surface area (Å²) in [5, 5.41) is 9.37. The molecule has 3 N–H and O–H groups in total. The van der Waals surface area contributed by atoms with Crippen molar-refractivity contribution in [3.8, 4) is 0 Å². The number of halogens is 1. The highest BCUT2D eigenvalue weighted by molar-refractivity contribution is 7.84. The highest BCUT2D eigenvalue weighted by Crippen LogP contribution is 2.49. The quantitative estimate of drug-likeness (QED) is 0.680. The van der Waals surface area contributed by atoms with E-state index in [0.29, 0.717) is 17.9 Å². The summed E-state index contributed by atoms with van der Waals surface area (Å²) in [4.78, 5) is 16.1. The molecule has 2 rings (SSSR count). The SMILES string of the molecule is CC(C)(C)S(=O)NC(c1ccc(Cl)cc1)C1(ONC(=O)O)CC1. The van der Waals surface area contributed by atoms with E-state index in [1.807, 2.05) is 38.4 Å². The van der Waals surface area contributed by atoms with Gasteiger partial charge in [-0.3, -0.25) is 4.84 Å². The zero-order valence-electron chi connectivity index (χ0n) is 13.3. The van der Waals surface area contributed by atoms with Gasteiger partial charge in [0, 0.05) is 5.02 Å². The fraction of sp³-hybridized carbons (Fsp3) is 0.533. The van der Waals surface area contributed by atoms with E-state index in [9.17, 15) is 9.00 Å². The van der Waals surface area contributed by atoms with Crippen LogP contribution in [0.3, 0.4) is 0 Å². The third kappa shape index (κ3) is 4.67. The first-order valence-corrected chi connectivity index (χ1v) is 8.77. The van der Waals surface area contributed by atoms with Crippen LogP contribution in [-0.2, 0) is 15.8 Å². The molecule has 0 bridgehead atoms. The lowest BCUT2D eigenvalue weighted by molar-refractivity contribution is -0.0494. The lowest BCUT2D eigenvalue weighted by atomic mass is 10.0. The molecule has 0 radical (unpaired) electrons. The average molecular weight is 361 g/mol. The average Bonchev–Trinajstić information content (AvgIpc) is 3.23. The van der Waals surface area contributed by atoms with Crippen LogP contribution in [0, 0.1) is 0 Å². The van der Waals surface area contributed by atoms with E-state index in [4.69, 9.17) is 21.5 Å². The van der Waals surface area contributed by atoms with E-state index in [0.717, 1.165) is 5.56 Å². The van der Waals surface area contributed by atoms with Gasteiger partial charge in [0.2, 0.25) is 0 Å². The number of rotatable bonds is 6. The number of carbonyl (C=O) groups is 1. The number of hydroxylamine groups is 1. The van der Waals surface area contributed by atoms with Crippen molar-refractivity contribution >= 4 is 28.7 Å². The summed E-state index contributed by atoms with van der Waals surface area (Å²) < 4.78 is 15.1. The summed E-state index contributed by atoms with van der Waals surface area (Å²) in [5.41, 5.74) is 2.07. The summed E-state index contributed by atoms with van der Waals surface area (Å²) in [6, 6.07) is 6.72. The smallest absolute Gasteiger partial charge is 0.428 e. The summed E-state index contributed by atoms with van der Waals surface area (Å²) in [7, 11) is -1.33. The molecule has 0 heterocycles. The van der Waals surface area contributed by atoms with Crippen LogP contribution in [0.15, 0.2) is 24.3 Å². The largest absolute Gasteiger partial charge is 0.464 e. The van der Waals surface area contributed by atoms with Gasteiger partial charge >= 0.3 is 6.09 Å².